The molecule has 8 heteroatoms. The molecule has 2 heterocycles. The summed E-state index contributed by atoms with van der Waals surface area (Å²) in [5.74, 6) is 0.465. The summed E-state index contributed by atoms with van der Waals surface area (Å²) in [7, 11) is 1.60. The lowest BCUT2D eigenvalue weighted by atomic mass is 10.1. The monoisotopic (exact) mass is 396 g/mol. The highest BCUT2D eigenvalue weighted by molar-refractivity contribution is 6.00. The first-order chi connectivity index (χ1) is 14.1. The van der Waals surface area contributed by atoms with Crippen molar-refractivity contribution in [3.8, 4) is 0 Å². The average Bonchev–Trinajstić information content (AvgIpc) is 3.09. The quantitative estimate of drug-likeness (QED) is 0.330. The number of nitrogens with zero attached hydrogens (tertiary/aromatic N) is 4. The number of benzene rings is 1. The van der Waals surface area contributed by atoms with Crippen LogP contribution in [0.4, 0.5) is 5.95 Å². The Morgan fingerprint density at radius 2 is 1.90 bits per heavy atom. The van der Waals surface area contributed by atoms with E-state index in [1.165, 1.54) is 4.57 Å². The number of aryl methyl sites for hydroxylation is 2. The molecule has 1 aromatic carbocycles. The standard InChI is InChI=1S/C21H28N6O2/c1-4-6-10-14-27-17-18(26(3)21(29)23-19(17)28)22-20(27)25-24-16(11-5-2)15-12-8-7-9-13-15/h7-9,12-13H,4-6,10-11,14H2,1-3H3,(H,22,25)(H,23,28,29)/b24-16+. The Balaban J connectivity index is 2.06. The lowest BCUT2D eigenvalue weighted by molar-refractivity contribution is 0.615. The van der Waals surface area contributed by atoms with Gasteiger partial charge in [0.2, 0.25) is 5.95 Å². The van der Waals surface area contributed by atoms with E-state index in [1.807, 2.05) is 34.9 Å². The fraction of sp³-hybridized carbons (Fsp3) is 0.429. The number of H-pyrrole nitrogens is 1. The highest BCUT2D eigenvalue weighted by Crippen LogP contribution is 2.17. The molecule has 0 radical (unpaired) electrons. The van der Waals surface area contributed by atoms with E-state index in [2.05, 4.69) is 34.3 Å². The average molecular weight is 396 g/mol. The van der Waals surface area contributed by atoms with Gasteiger partial charge in [-0.15, -0.1) is 0 Å². The van der Waals surface area contributed by atoms with E-state index in [0.717, 1.165) is 43.4 Å². The molecule has 0 amide bonds. The van der Waals surface area contributed by atoms with E-state index in [0.29, 0.717) is 23.7 Å². The second-order valence-electron chi connectivity index (χ2n) is 7.07. The molecule has 29 heavy (non-hydrogen) atoms. The summed E-state index contributed by atoms with van der Waals surface area (Å²) in [5.41, 5.74) is 4.85. The zero-order chi connectivity index (χ0) is 20.8. The zero-order valence-corrected chi connectivity index (χ0v) is 17.2. The van der Waals surface area contributed by atoms with Crippen LogP contribution in [0.2, 0.25) is 0 Å². The van der Waals surface area contributed by atoms with Crippen molar-refractivity contribution in [1.82, 2.24) is 19.1 Å². The van der Waals surface area contributed by atoms with Gasteiger partial charge in [-0.2, -0.15) is 10.1 Å². The smallest absolute Gasteiger partial charge is 0.303 e. The molecule has 0 aliphatic heterocycles. The third-order valence-corrected chi connectivity index (χ3v) is 4.88. The van der Waals surface area contributed by atoms with Crippen LogP contribution in [0.3, 0.4) is 0 Å². The molecule has 2 N–H and O–H groups in total. The van der Waals surface area contributed by atoms with Gasteiger partial charge in [-0.05, 0) is 18.4 Å². The van der Waals surface area contributed by atoms with Gasteiger partial charge in [0.15, 0.2) is 11.2 Å². The topological polar surface area (TPSA) is 97.1 Å². The van der Waals surface area contributed by atoms with Gasteiger partial charge in [-0.25, -0.2) is 10.2 Å². The van der Waals surface area contributed by atoms with Crippen molar-refractivity contribution in [3.05, 3.63) is 56.7 Å². The van der Waals surface area contributed by atoms with E-state index in [4.69, 9.17) is 0 Å². The van der Waals surface area contributed by atoms with Crippen molar-refractivity contribution in [2.45, 2.75) is 52.5 Å². The normalized spacial score (nSPS) is 11.9. The SMILES string of the molecule is CCCCCn1c(N/N=C(\CCC)c2ccccc2)nc2c1c(=O)[nH]c(=O)n2C. The molecule has 0 atom stereocenters. The summed E-state index contributed by atoms with van der Waals surface area (Å²) < 4.78 is 3.17. The molecule has 8 nitrogen and oxygen atoms in total. The molecular weight excluding hydrogens is 368 g/mol. The molecule has 0 saturated carbocycles. The maximum absolute atomic E-state index is 12.5. The second kappa shape index (κ2) is 9.36. The van der Waals surface area contributed by atoms with Gasteiger partial charge in [0.25, 0.3) is 5.56 Å². The molecule has 3 rings (SSSR count). The van der Waals surface area contributed by atoms with Crippen molar-refractivity contribution < 1.29 is 0 Å². The predicted molar refractivity (Wildman–Crippen MR) is 117 cm³/mol. The van der Waals surface area contributed by atoms with E-state index < -0.39 is 11.2 Å². The number of rotatable bonds is 9. The largest absolute Gasteiger partial charge is 0.329 e. The minimum Gasteiger partial charge on any atom is -0.303 e. The van der Waals surface area contributed by atoms with Crippen molar-refractivity contribution >= 4 is 22.8 Å². The first kappa shape index (κ1) is 20.6. The van der Waals surface area contributed by atoms with Crippen molar-refractivity contribution in [2.24, 2.45) is 12.1 Å². The third-order valence-electron chi connectivity index (χ3n) is 4.88. The Morgan fingerprint density at radius 1 is 1.14 bits per heavy atom. The van der Waals surface area contributed by atoms with Crippen LogP contribution < -0.4 is 16.7 Å². The third kappa shape index (κ3) is 4.47. The van der Waals surface area contributed by atoms with Crippen LogP contribution in [-0.4, -0.2) is 24.8 Å². The van der Waals surface area contributed by atoms with Crippen LogP contribution in [0.15, 0.2) is 45.0 Å². The molecular formula is C21H28N6O2. The Bertz CT molecular complexity index is 1110. The van der Waals surface area contributed by atoms with Crippen LogP contribution in [0.5, 0.6) is 0 Å². The van der Waals surface area contributed by atoms with Gasteiger partial charge in [0.05, 0.1) is 5.71 Å². The van der Waals surface area contributed by atoms with Crippen molar-refractivity contribution in [1.29, 1.82) is 0 Å². The molecule has 154 valence electrons. The number of hydrogen-bond donors (Lipinski definition) is 2. The first-order valence-electron chi connectivity index (χ1n) is 10.1. The van der Waals surface area contributed by atoms with Crippen LogP contribution in [0.1, 0.15) is 51.5 Å². The fourth-order valence-electron chi connectivity index (χ4n) is 3.31. The number of unbranched alkanes of at least 4 members (excludes halogenated alkanes) is 2. The Kier molecular flexibility index (Phi) is 6.64. The molecule has 0 spiro atoms. The number of hydrazone groups is 1. The Labute approximate surface area is 169 Å². The molecule has 2 aromatic heterocycles. The van der Waals surface area contributed by atoms with E-state index in [9.17, 15) is 9.59 Å². The van der Waals surface area contributed by atoms with E-state index >= 15 is 0 Å². The highest BCUT2D eigenvalue weighted by atomic mass is 16.2. The summed E-state index contributed by atoms with van der Waals surface area (Å²) in [6.45, 7) is 4.86. The molecule has 0 unspecified atom stereocenters. The van der Waals surface area contributed by atoms with Gasteiger partial charge in [-0.1, -0.05) is 63.4 Å². The minimum absolute atomic E-state index is 0.352. The number of imidazole rings is 1. The lowest BCUT2D eigenvalue weighted by Crippen LogP contribution is -2.29. The van der Waals surface area contributed by atoms with Crippen LogP contribution in [-0.2, 0) is 13.6 Å². The summed E-state index contributed by atoms with van der Waals surface area (Å²) in [4.78, 5) is 31.4. The molecule has 0 saturated heterocycles. The molecule has 0 fully saturated rings. The van der Waals surface area contributed by atoms with Crippen LogP contribution in [0.25, 0.3) is 11.2 Å². The van der Waals surface area contributed by atoms with Gasteiger partial charge in [0.1, 0.15) is 0 Å². The van der Waals surface area contributed by atoms with Crippen molar-refractivity contribution in [2.75, 3.05) is 5.43 Å². The van der Waals surface area contributed by atoms with Crippen LogP contribution in [0, 0.1) is 0 Å². The lowest BCUT2D eigenvalue weighted by Gasteiger charge is -2.09. The molecule has 3 aromatic rings. The van der Waals surface area contributed by atoms with Gasteiger partial charge in [0, 0.05) is 13.6 Å². The second-order valence-corrected chi connectivity index (χ2v) is 7.07. The first-order valence-corrected chi connectivity index (χ1v) is 10.1. The minimum atomic E-state index is -0.480. The predicted octanol–water partition coefficient (Wildman–Crippen LogP) is 3.23. The maximum atomic E-state index is 12.5. The highest BCUT2D eigenvalue weighted by Gasteiger charge is 2.17. The number of nitrogens with one attached hydrogen (secondary N) is 2. The van der Waals surface area contributed by atoms with Gasteiger partial charge >= 0.3 is 5.69 Å². The van der Waals surface area contributed by atoms with E-state index in [1.54, 1.807) is 7.05 Å². The van der Waals surface area contributed by atoms with Crippen molar-refractivity contribution in [3.63, 3.8) is 0 Å². The number of aromatic amines is 1. The molecule has 0 bridgehead atoms. The Morgan fingerprint density at radius 3 is 2.59 bits per heavy atom. The number of anilines is 1. The summed E-state index contributed by atoms with van der Waals surface area (Å²) in [5, 5.41) is 4.60. The zero-order valence-electron chi connectivity index (χ0n) is 17.2. The maximum Gasteiger partial charge on any atom is 0.329 e. The number of hydrogen-bond acceptors (Lipinski definition) is 5. The fourth-order valence-corrected chi connectivity index (χ4v) is 3.31. The summed E-state index contributed by atoms with van der Waals surface area (Å²) >= 11 is 0. The summed E-state index contributed by atoms with van der Waals surface area (Å²) in [6.07, 6.45) is 4.78. The van der Waals surface area contributed by atoms with Gasteiger partial charge in [-0.3, -0.25) is 14.3 Å². The number of fused-ring (bicyclic) bond motifs is 1. The van der Waals surface area contributed by atoms with Crippen LogP contribution >= 0.6 is 0 Å². The molecule has 0 aliphatic rings. The van der Waals surface area contributed by atoms with Gasteiger partial charge < -0.3 is 4.57 Å². The van der Waals surface area contributed by atoms with E-state index in [-0.39, 0.29) is 0 Å². The molecule has 0 aliphatic carbocycles. The number of aromatic nitrogens is 4. The summed E-state index contributed by atoms with van der Waals surface area (Å²) in [6, 6.07) is 9.98. The Hall–Kier alpha value is -3.16.